The van der Waals surface area contributed by atoms with Crippen LogP contribution in [0.25, 0.3) is 0 Å². The van der Waals surface area contributed by atoms with Crippen LogP contribution >= 0.6 is 0 Å². The molecule has 0 bridgehead atoms. The van der Waals surface area contributed by atoms with E-state index in [1.807, 2.05) is 46.1 Å². The Morgan fingerprint density at radius 3 is 2.50 bits per heavy atom. The van der Waals surface area contributed by atoms with E-state index in [2.05, 4.69) is 34.9 Å². The molecule has 0 spiro atoms. The third kappa shape index (κ3) is 6.45. The van der Waals surface area contributed by atoms with Crippen molar-refractivity contribution in [2.24, 2.45) is 0 Å². The minimum absolute atomic E-state index is 0.0626. The fraction of sp³-hybridized carbons (Fsp3) is 0.538. The maximum Gasteiger partial charge on any atom is 0.137 e. The van der Waals surface area contributed by atoms with Crippen LogP contribution in [-0.2, 0) is 6.54 Å². The first-order valence-corrected chi connectivity index (χ1v) is 11.4. The Labute approximate surface area is 192 Å². The number of piperidine rings is 1. The Balaban J connectivity index is 1.58. The number of aryl methyl sites for hydroxylation is 2. The van der Waals surface area contributed by atoms with E-state index >= 15 is 0 Å². The third-order valence-electron chi connectivity index (χ3n) is 6.21. The summed E-state index contributed by atoms with van der Waals surface area (Å²) >= 11 is 0. The average molecular weight is 443 g/mol. The lowest BCUT2D eigenvalue weighted by molar-refractivity contribution is -0.140. The molecule has 6 heteroatoms. The molecule has 1 aliphatic rings. The van der Waals surface area contributed by atoms with Crippen molar-refractivity contribution < 1.29 is 19.7 Å². The van der Waals surface area contributed by atoms with Crippen LogP contribution in [0.3, 0.4) is 0 Å². The molecule has 2 atom stereocenters. The van der Waals surface area contributed by atoms with Crippen molar-refractivity contribution in [1.29, 1.82) is 0 Å². The Morgan fingerprint density at radius 1 is 1.09 bits per heavy atom. The summed E-state index contributed by atoms with van der Waals surface area (Å²) in [5.74, 6) is 1.63. The van der Waals surface area contributed by atoms with Gasteiger partial charge in [-0.2, -0.15) is 0 Å². The van der Waals surface area contributed by atoms with E-state index in [-0.39, 0.29) is 6.61 Å². The van der Waals surface area contributed by atoms with Gasteiger partial charge in [-0.15, -0.1) is 0 Å². The Morgan fingerprint density at radius 2 is 1.81 bits per heavy atom. The molecule has 0 amide bonds. The summed E-state index contributed by atoms with van der Waals surface area (Å²) in [7, 11) is 4.05. The molecule has 2 aromatic carbocycles. The van der Waals surface area contributed by atoms with Gasteiger partial charge >= 0.3 is 0 Å². The van der Waals surface area contributed by atoms with Crippen LogP contribution in [0, 0.1) is 20.8 Å². The smallest absolute Gasteiger partial charge is 0.137 e. The molecule has 1 aliphatic heterocycles. The molecule has 2 N–H and O–H groups in total. The van der Waals surface area contributed by atoms with Crippen LogP contribution in [0.4, 0.5) is 0 Å². The number of β-amino-alcohol motifs (C(OH)–C–C–N with tert-alkyl or cyclic N) is 1. The molecule has 6 nitrogen and oxygen atoms in total. The Kier molecular flexibility index (Phi) is 8.17. The maximum absolute atomic E-state index is 11.2. The number of hydrogen-bond donors (Lipinski definition) is 2. The molecule has 0 unspecified atom stereocenters. The zero-order chi connectivity index (χ0) is 23.3. The van der Waals surface area contributed by atoms with Gasteiger partial charge in [0, 0.05) is 26.2 Å². The highest BCUT2D eigenvalue weighted by molar-refractivity contribution is 5.42. The topological polar surface area (TPSA) is 65.4 Å². The van der Waals surface area contributed by atoms with Crippen molar-refractivity contribution in [3.05, 3.63) is 58.7 Å². The minimum atomic E-state index is -1.31. The first kappa shape index (κ1) is 24.5. The SMILES string of the molecule is Cc1cc(C)c(C)c(OC[C@@]2(O)CN(Cc3ccc(OCCN(C)C)cc3)CC[C@@H]2O)c1. The van der Waals surface area contributed by atoms with E-state index in [9.17, 15) is 10.2 Å². The number of likely N-dealkylation sites (tertiary alicyclic amines) is 1. The number of ether oxygens (including phenoxy) is 2. The monoisotopic (exact) mass is 442 g/mol. The molecule has 0 aliphatic carbocycles. The molecule has 0 radical (unpaired) electrons. The Bertz CT molecular complexity index is 884. The fourth-order valence-electron chi connectivity index (χ4n) is 4.07. The molecule has 0 saturated carbocycles. The number of nitrogens with zero attached hydrogens (tertiary/aromatic N) is 2. The predicted octanol–water partition coefficient (Wildman–Crippen LogP) is 2.93. The van der Waals surface area contributed by atoms with Crippen LogP contribution in [0.1, 0.15) is 28.7 Å². The van der Waals surface area contributed by atoms with Gasteiger partial charge < -0.3 is 24.6 Å². The molecule has 32 heavy (non-hydrogen) atoms. The van der Waals surface area contributed by atoms with Gasteiger partial charge in [-0.3, -0.25) is 4.90 Å². The van der Waals surface area contributed by atoms with Crippen molar-refractivity contribution in [3.63, 3.8) is 0 Å². The number of likely N-dealkylation sites (N-methyl/N-ethyl adjacent to an activating group) is 1. The van der Waals surface area contributed by atoms with Crippen LogP contribution in [0.5, 0.6) is 11.5 Å². The van der Waals surface area contributed by atoms with Gasteiger partial charge in [0.05, 0.1) is 6.10 Å². The predicted molar refractivity (Wildman–Crippen MR) is 127 cm³/mol. The highest BCUT2D eigenvalue weighted by atomic mass is 16.5. The lowest BCUT2D eigenvalue weighted by atomic mass is 9.90. The summed E-state index contributed by atoms with van der Waals surface area (Å²) in [6.45, 7) is 9.49. The van der Waals surface area contributed by atoms with Crippen molar-refractivity contribution in [2.45, 2.75) is 45.4 Å². The van der Waals surface area contributed by atoms with Crippen molar-refractivity contribution in [3.8, 4) is 11.5 Å². The van der Waals surface area contributed by atoms with Crippen molar-refractivity contribution in [1.82, 2.24) is 9.80 Å². The molecule has 3 rings (SSSR count). The second kappa shape index (κ2) is 10.7. The zero-order valence-corrected chi connectivity index (χ0v) is 20.1. The normalized spacial score (nSPS) is 21.7. The van der Waals surface area contributed by atoms with E-state index < -0.39 is 11.7 Å². The quantitative estimate of drug-likeness (QED) is 0.623. The van der Waals surface area contributed by atoms with Crippen LogP contribution in [0.15, 0.2) is 36.4 Å². The number of rotatable bonds is 9. The number of aliphatic hydroxyl groups excluding tert-OH is 1. The summed E-state index contributed by atoms with van der Waals surface area (Å²) in [6.07, 6.45) is -0.297. The second-order valence-corrected chi connectivity index (χ2v) is 9.41. The molecular weight excluding hydrogens is 404 g/mol. The molecule has 176 valence electrons. The van der Waals surface area contributed by atoms with Gasteiger partial charge in [-0.05, 0) is 81.7 Å². The van der Waals surface area contributed by atoms with E-state index in [4.69, 9.17) is 9.47 Å². The summed E-state index contributed by atoms with van der Waals surface area (Å²) in [6, 6.07) is 12.2. The zero-order valence-electron chi connectivity index (χ0n) is 20.1. The largest absolute Gasteiger partial charge is 0.492 e. The molecule has 2 aromatic rings. The Hall–Kier alpha value is -2.12. The van der Waals surface area contributed by atoms with Gasteiger partial charge in [0.2, 0.25) is 0 Å². The lowest BCUT2D eigenvalue weighted by Gasteiger charge is -2.42. The molecule has 1 saturated heterocycles. The highest BCUT2D eigenvalue weighted by Crippen LogP contribution is 2.28. The first-order valence-electron chi connectivity index (χ1n) is 11.4. The average Bonchev–Trinajstić information content (AvgIpc) is 2.73. The van der Waals surface area contributed by atoms with E-state index in [0.717, 1.165) is 46.8 Å². The van der Waals surface area contributed by atoms with Crippen molar-refractivity contribution >= 4 is 0 Å². The highest BCUT2D eigenvalue weighted by Gasteiger charge is 2.42. The summed E-state index contributed by atoms with van der Waals surface area (Å²) in [4.78, 5) is 4.26. The van der Waals surface area contributed by atoms with Crippen LogP contribution < -0.4 is 9.47 Å². The summed E-state index contributed by atoms with van der Waals surface area (Å²) in [5.41, 5.74) is 3.18. The first-order chi connectivity index (χ1) is 15.2. The fourth-order valence-corrected chi connectivity index (χ4v) is 4.07. The molecule has 0 aromatic heterocycles. The number of hydrogen-bond acceptors (Lipinski definition) is 6. The van der Waals surface area contributed by atoms with Gasteiger partial charge in [0.15, 0.2) is 0 Å². The summed E-state index contributed by atoms with van der Waals surface area (Å²) < 4.78 is 11.8. The van der Waals surface area contributed by atoms with E-state index in [1.54, 1.807) is 0 Å². The van der Waals surface area contributed by atoms with Gasteiger partial charge in [-0.25, -0.2) is 0 Å². The number of aliphatic hydroxyl groups is 2. The van der Waals surface area contributed by atoms with Crippen LogP contribution in [-0.4, -0.2) is 78.7 Å². The van der Waals surface area contributed by atoms with Gasteiger partial charge in [0.1, 0.15) is 30.3 Å². The third-order valence-corrected chi connectivity index (χ3v) is 6.21. The molecular formula is C26H38N2O4. The summed E-state index contributed by atoms with van der Waals surface area (Å²) in [5, 5.41) is 21.8. The minimum Gasteiger partial charge on any atom is -0.492 e. The van der Waals surface area contributed by atoms with Crippen LogP contribution in [0.2, 0.25) is 0 Å². The molecule has 1 fully saturated rings. The maximum atomic E-state index is 11.2. The van der Waals surface area contributed by atoms with Gasteiger partial charge in [-0.1, -0.05) is 18.2 Å². The van der Waals surface area contributed by atoms with Crippen molar-refractivity contribution in [2.75, 3.05) is 46.9 Å². The van der Waals surface area contributed by atoms with E-state index in [0.29, 0.717) is 26.1 Å². The second-order valence-electron chi connectivity index (χ2n) is 9.41. The van der Waals surface area contributed by atoms with E-state index in [1.165, 1.54) is 0 Å². The lowest BCUT2D eigenvalue weighted by Crippen LogP contribution is -2.59. The van der Waals surface area contributed by atoms with Gasteiger partial charge in [0.25, 0.3) is 0 Å². The molecule has 1 heterocycles. The number of benzene rings is 2. The standard InChI is InChI=1S/C26H38N2O4/c1-19-14-20(2)21(3)24(15-19)32-18-26(30)17-28(11-10-25(26)29)16-22-6-8-23(9-7-22)31-13-12-27(4)5/h6-9,14-15,25,29-30H,10-13,16-18H2,1-5H3/t25-,26-/m0/s1.